The lowest BCUT2D eigenvalue weighted by Crippen LogP contribution is -2.57. The molecule has 0 aliphatic carbocycles. The van der Waals surface area contributed by atoms with Gasteiger partial charge in [-0.05, 0) is 19.8 Å². The molecule has 2 unspecified atom stereocenters. The van der Waals surface area contributed by atoms with Crippen molar-refractivity contribution in [1.29, 1.82) is 0 Å². The first-order valence-electron chi connectivity index (χ1n) is 7.35. The SMILES string of the molecule is CC1NC(=O)NCC(=O)NCC(=O)NC2CCCN(C2)C1=O. The van der Waals surface area contributed by atoms with Gasteiger partial charge in [-0.25, -0.2) is 4.79 Å². The van der Waals surface area contributed by atoms with Gasteiger partial charge >= 0.3 is 6.03 Å². The lowest BCUT2D eigenvalue weighted by molar-refractivity contribution is -0.135. The summed E-state index contributed by atoms with van der Waals surface area (Å²) in [6.45, 7) is 2.20. The number of piperidine rings is 1. The van der Waals surface area contributed by atoms with E-state index in [4.69, 9.17) is 0 Å². The molecule has 5 amide bonds. The molecule has 22 heavy (non-hydrogen) atoms. The molecule has 2 atom stereocenters. The van der Waals surface area contributed by atoms with E-state index in [9.17, 15) is 19.2 Å². The van der Waals surface area contributed by atoms with Gasteiger partial charge in [-0.15, -0.1) is 0 Å². The molecule has 9 nitrogen and oxygen atoms in total. The predicted octanol–water partition coefficient (Wildman–Crippen LogP) is -2.09. The third-order valence-corrected chi connectivity index (χ3v) is 3.67. The minimum Gasteiger partial charge on any atom is -0.350 e. The number of hydrogen-bond acceptors (Lipinski definition) is 4. The molecule has 2 saturated heterocycles. The van der Waals surface area contributed by atoms with Crippen LogP contribution in [0.5, 0.6) is 0 Å². The highest BCUT2D eigenvalue weighted by atomic mass is 16.2. The first-order chi connectivity index (χ1) is 10.5. The van der Waals surface area contributed by atoms with E-state index in [1.807, 2.05) is 0 Å². The molecule has 2 bridgehead atoms. The van der Waals surface area contributed by atoms with Gasteiger partial charge in [0.1, 0.15) is 6.04 Å². The van der Waals surface area contributed by atoms with E-state index in [0.717, 1.165) is 12.8 Å². The normalized spacial score (nSPS) is 28.0. The van der Waals surface area contributed by atoms with Crippen molar-refractivity contribution in [3.63, 3.8) is 0 Å². The summed E-state index contributed by atoms with van der Waals surface area (Å²) in [5.41, 5.74) is 0. The van der Waals surface area contributed by atoms with Crippen LogP contribution in [0.4, 0.5) is 4.79 Å². The van der Waals surface area contributed by atoms with Crippen LogP contribution in [-0.2, 0) is 14.4 Å². The Morgan fingerprint density at radius 1 is 1.00 bits per heavy atom. The van der Waals surface area contributed by atoms with Crippen molar-refractivity contribution in [3.8, 4) is 0 Å². The predicted molar refractivity (Wildman–Crippen MR) is 76.8 cm³/mol. The first kappa shape index (κ1) is 16.1. The first-order valence-corrected chi connectivity index (χ1v) is 7.35. The second kappa shape index (κ2) is 7.10. The summed E-state index contributed by atoms with van der Waals surface area (Å²) >= 11 is 0. The Labute approximate surface area is 128 Å². The van der Waals surface area contributed by atoms with E-state index in [1.165, 1.54) is 0 Å². The van der Waals surface area contributed by atoms with Crippen LogP contribution in [0.2, 0.25) is 0 Å². The molecule has 0 saturated carbocycles. The van der Waals surface area contributed by atoms with Gasteiger partial charge in [0, 0.05) is 19.1 Å². The molecule has 0 aromatic carbocycles. The molecule has 2 heterocycles. The smallest absolute Gasteiger partial charge is 0.315 e. The minimum absolute atomic E-state index is 0.133. The van der Waals surface area contributed by atoms with Crippen molar-refractivity contribution in [2.45, 2.75) is 31.8 Å². The molecule has 0 spiro atoms. The summed E-state index contributed by atoms with van der Waals surface area (Å²) in [5.74, 6) is -0.968. The number of carbonyl (C=O) groups is 4. The summed E-state index contributed by atoms with van der Waals surface area (Å²) in [5, 5.41) is 10.1. The van der Waals surface area contributed by atoms with Gasteiger partial charge in [0.25, 0.3) is 0 Å². The maximum Gasteiger partial charge on any atom is 0.315 e. The number of rotatable bonds is 0. The molecule has 0 aromatic rings. The van der Waals surface area contributed by atoms with Crippen molar-refractivity contribution in [1.82, 2.24) is 26.2 Å². The zero-order chi connectivity index (χ0) is 16.1. The monoisotopic (exact) mass is 311 g/mol. The number of urea groups is 1. The third kappa shape index (κ3) is 4.34. The van der Waals surface area contributed by atoms with E-state index in [0.29, 0.717) is 13.1 Å². The Morgan fingerprint density at radius 3 is 2.50 bits per heavy atom. The average Bonchev–Trinajstić information content (AvgIpc) is 2.49. The van der Waals surface area contributed by atoms with Gasteiger partial charge in [-0.2, -0.15) is 0 Å². The molecule has 2 aliphatic heterocycles. The molecular formula is C13H21N5O4. The molecule has 122 valence electrons. The molecule has 0 aromatic heterocycles. The number of nitrogens with one attached hydrogen (secondary N) is 4. The zero-order valence-electron chi connectivity index (χ0n) is 12.5. The van der Waals surface area contributed by atoms with Gasteiger partial charge in [-0.3, -0.25) is 14.4 Å². The lowest BCUT2D eigenvalue weighted by Gasteiger charge is -2.35. The highest BCUT2D eigenvalue weighted by Gasteiger charge is 2.28. The lowest BCUT2D eigenvalue weighted by atomic mass is 10.0. The maximum atomic E-state index is 12.3. The second-order valence-electron chi connectivity index (χ2n) is 5.52. The summed E-state index contributed by atoms with van der Waals surface area (Å²) in [4.78, 5) is 48.9. The Balaban J connectivity index is 2.08. The number of amides is 5. The standard InChI is InChI=1S/C13H21N5O4/c1-8-12(21)18-4-2-3-9(7-18)17-11(20)6-14-10(19)5-15-13(22)16-8/h8-9H,2-7H2,1H3,(H,14,19)(H,17,20)(H2,15,16,22). The second-order valence-corrected chi connectivity index (χ2v) is 5.52. The highest BCUT2D eigenvalue weighted by molar-refractivity contribution is 5.90. The topological polar surface area (TPSA) is 120 Å². The number of nitrogens with zero attached hydrogens (tertiary/aromatic N) is 1. The fourth-order valence-electron chi connectivity index (χ4n) is 2.56. The van der Waals surface area contributed by atoms with Gasteiger partial charge in [-0.1, -0.05) is 0 Å². The fraction of sp³-hybridized carbons (Fsp3) is 0.692. The zero-order valence-corrected chi connectivity index (χ0v) is 12.5. The molecule has 2 aliphatic rings. The average molecular weight is 311 g/mol. The summed E-state index contributed by atoms with van der Waals surface area (Å²) in [6.07, 6.45) is 1.56. The molecule has 2 fully saturated rings. The molecule has 4 N–H and O–H groups in total. The van der Waals surface area contributed by atoms with Crippen LogP contribution in [0.3, 0.4) is 0 Å². The van der Waals surface area contributed by atoms with E-state index in [2.05, 4.69) is 21.3 Å². The summed E-state index contributed by atoms with van der Waals surface area (Å²) in [6, 6.07) is -1.42. The van der Waals surface area contributed by atoms with E-state index >= 15 is 0 Å². The van der Waals surface area contributed by atoms with E-state index in [1.54, 1.807) is 11.8 Å². The Hall–Kier alpha value is -2.32. The Bertz CT molecular complexity index is 481. The number of fused-ring (bicyclic) bond motifs is 2. The van der Waals surface area contributed by atoms with Crippen LogP contribution in [-0.4, -0.2) is 66.9 Å². The van der Waals surface area contributed by atoms with Crippen LogP contribution in [0.15, 0.2) is 0 Å². The molecule has 0 radical (unpaired) electrons. The molecule has 9 heteroatoms. The summed E-state index contributed by atoms with van der Waals surface area (Å²) < 4.78 is 0. The Morgan fingerprint density at radius 2 is 1.73 bits per heavy atom. The largest absolute Gasteiger partial charge is 0.350 e. The van der Waals surface area contributed by atoms with Crippen molar-refractivity contribution in [2.75, 3.05) is 26.2 Å². The van der Waals surface area contributed by atoms with Gasteiger partial charge < -0.3 is 26.2 Å². The van der Waals surface area contributed by atoms with Crippen molar-refractivity contribution < 1.29 is 19.2 Å². The third-order valence-electron chi connectivity index (χ3n) is 3.67. The van der Waals surface area contributed by atoms with Crippen molar-refractivity contribution >= 4 is 23.8 Å². The molecular weight excluding hydrogens is 290 g/mol. The Kier molecular flexibility index (Phi) is 5.18. The van der Waals surface area contributed by atoms with Gasteiger partial charge in [0.05, 0.1) is 13.1 Å². The molecule has 2 rings (SSSR count). The van der Waals surface area contributed by atoms with E-state index in [-0.39, 0.29) is 30.9 Å². The quantitative estimate of drug-likeness (QED) is 0.410. The summed E-state index contributed by atoms with van der Waals surface area (Å²) in [7, 11) is 0. The van der Waals surface area contributed by atoms with Gasteiger partial charge in [0.15, 0.2) is 0 Å². The van der Waals surface area contributed by atoms with Crippen LogP contribution < -0.4 is 21.3 Å². The fourth-order valence-corrected chi connectivity index (χ4v) is 2.56. The van der Waals surface area contributed by atoms with Crippen molar-refractivity contribution in [2.24, 2.45) is 0 Å². The van der Waals surface area contributed by atoms with Crippen LogP contribution in [0, 0.1) is 0 Å². The highest BCUT2D eigenvalue weighted by Crippen LogP contribution is 2.11. The van der Waals surface area contributed by atoms with E-state index < -0.39 is 18.0 Å². The van der Waals surface area contributed by atoms with Crippen LogP contribution >= 0.6 is 0 Å². The van der Waals surface area contributed by atoms with Crippen LogP contribution in [0.1, 0.15) is 19.8 Å². The number of carbonyl (C=O) groups excluding carboxylic acids is 4. The van der Waals surface area contributed by atoms with Gasteiger partial charge in [0.2, 0.25) is 17.7 Å². The van der Waals surface area contributed by atoms with Crippen molar-refractivity contribution in [3.05, 3.63) is 0 Å². The maximum absolute atomic E-state index is 12.3. The number of hydrogen-bond donors (Lipinski definition) is 4. The van der Waals surface area contributed by atoms with Crippen LogP contribution in [0.25, 0.3) is 0 Å². The minimum atomic E-state index is -0.694.